The molecule has 1 heterocycles. The van der Waals surface area contributed by atoms with E-state index in [4.69, 9.17) is 5.84 Å². The molecule has 112 valence electrons. The van der Waals surface area contributed by atoms with Crippen molar-refractivity contribution in [1.29, 1.82) is 0 Å². The number of nitrogens with zero attached hydrogens (tertiary/aromatic N) is 1. The first kappa shape index (κ1) is 15.1. The average molecular weight is 318 g/mol. The number of pyridine rings is 1. The van der Waals surface area contributed by atoms with Crippen molar-refractivity contribution in [1.82, 2.24) is 4.98 Å². The van der Waals surface area contributed by atoms with Crippen molar-refractivity contribution in [2.24, 2.45) is 5.84 Å². The van der Waals surface area contributed by atoms with E-state index in [2.05, 4.69) is 10.4 Å². The van der Waals surface area contributed by atoms with Crippen LogP contribution in [-0.2, 0) is 10.0 Å². The second-order valence-electron chi connectivity index (χ2n) is 3.87. The summed E-state index contributed by atoms with van der Waals surface area (Å²) in [7, 11) is -4.21. The van der Waals surface area contributed by atoms with E-state index in [1.807, 2.05) is 4.72 Å². The van der Waals surface area contributed by atoms with Gasteiger partial charge in [-0.2, -0.15) is 0 Å². The Morgan fingerprint density at radius 2 is 1.71 bits per heavy atom. The summed E-state index contributed by atoms with van der Waals surface area (Å²) in [6, 6.07) is 2.86. The van der Waals surface area contributed by atoms with Crippen LogP contribution in [0.5, 0.6) is 0 Å². The smallest absolute Gasteiger partial charge is 0.262 e. The van der Waals surface area contributed by atoms with E-state index in [1.54, 1.807) is 0 Å². The van der Waals surface area contributed by atoms with Crippen LogP contribution in [0.15, 0.2) is 35.4 Å². The van der Waals surface area contributed by atoms with Crippen molar-refractivity contribution < 1.29 is 21.6 Å². The molecule has 2 aromatic rings. The first-order chi connectivity index (χ1) is 9.83. The van der Waals surface area contributed by atoms with Crippen molar-refractivity contribution >= 4 is 21.5 Å². The summed E-state index contributed by atoms with van der Waals surface area (Å²) in [6.45, 7) is 0. The lowest BCUT2D eigenvalue weighted by Crippen LogP contribution is -2.16. The van der Waals surface area contributed by atoms with Crippen LogP contribution in [0.1, 0.15) is 0 Å². The van der Waals surface area contributed by atoms with E-state index >= 15 is 0 Å². The van der Waals surface area contributed by atoms with Crippen molar-refractivity contribution in [2.75, 3.05) is 10.1 Å². The maximum absolute atomic E-state index is 13.4. The Hall–Kier alpha value is -2.33. The summed E-state index contributed by atoms with van der Waals surface area (Å²) in [5, 5.41) is 0. The molecule has 0 saturated heterocycles. The van der Waals surface area contributed by atoms with Gasteiger partial charge >= 0.3 is 0 Å². The van der Waals surface area contributed by atoms with Crippen LogP contribution in [0, 0.1) is 17.5 Å². The summed E-state index contributed by atoms with van der Waals surface area (Å²) in [5.74, 6) is 1.10. The van der Waals surface area contributed by atoms with E-state index in [-0.39, 0.29) is 16.8 Å². The summed E-state index contributed by atoms with van der Waals surface area (Å²) in [4.78, 5) is 3.43. The Bertz CT molecular complexity index is 783. The van der Waals surface area contributed by atoms with Crippen molar-refractivity contribution in [2.45, 2.75) is 4.90 Å². The zero-order valence-corrected chi connectivity index (χ0v) is 11.1. The number of halogens is 3. The normalized spacial score (nSPS) is 11.2. The highest BCUT2D eigenvalue weighted by molar-refractivity contribution is 7.92. The fourth-order valence-electron chi connectivity index (χ4n) is 1.46. The largest absolute Gasteiger partial charge is 0.308 e. The molecule has 1 aromatic heterocycles. The van der Waals surface area contributed by atoms with Crippen molar-refractivity contribution in [3.05, 3.63) is 47.9 Å². The number of anilines is 2. The third-order valence-corrected chi connectivity index (χ3v) is 3.81. The number of rotatable bonds is 4. The van der Waals surface area contributed by atoms with Gasteiger partial charge in [-0.15, -0.1) is 0 Å². The zero-order valence-electron chi connectivity index (χ0n) is 10.3. The molecule has 0 saturated carbocycles. The highest BCUT2D eigenvalue weighted by atomic mass is 32.2. The lowest BCUT2D eigenvalue weighted by atomic mass is 10.3. The molecule has 0 aliphatic rings. The van der Waals surface area contributed by atoms with Gasteiger partial charge in [-0.25, -0.2) is 32.4 Å². The first-order valence-electron chi connectivity index (χ1n) is 5.43. The van der Waals surface area contributed by atoms with Crippen LogP contribution in [-0.4, -0.2) is 13.4 Å². The summed E-state index contributed by atoms with van der Waals surface area (Å²) in [6.07, 6.45) is 1.16. The SMILES string of the molecule is NNc1cc(S(=O)(=O)Nc2cc(F)c(F)cc2F)ccn1. The number of hydrogen-bond acceptors (Lipinski definition) is 5. The first-order valence-corrected chi connectivity index (χ1v) is 6.92. The minimum atomic E-state index is -4.21. The number of nitrogens with two attached hydrogens (primary N) is 1. The van der Waals surface area contributed by atoms with Crippen LogP contribution < -0.4 is 16.0 Å². The van der Waals surface area contributed by atoms with E-state index in [1.165, 1.54) is 0 Å². The van der Waals surface area contributed by atoms with Gasteiger partial charge in [-0.05, 0) is 6.07 Å². The molecular formula is C11H9F3N4O2S. The van der Waals surface area contributed by atoms with Crippen molar-refractivity contribution in [3.8, 4) is 0 Å². The van der Waals surface area contributed by atoms with Crippen LogP contribution >= 0.6 is 0 Å². The predicted molar refractivity (Wildman–Crippen MR) is 69.2 cm³/mol. The summed E-state index contributed by atoms with van der Waals surface area (Å²) < 4.78 is 65.1. The summed E-state index contributed by atoms with van der Waals surface area (Å²) >= 11 is 0. The number of hydrogen-bond donors (Lipinski definition) is 3. The number of benzene rings is 1. The van der Waals surface area contributed by atoms with Gasteiger partial charge < -0.3 is 5.43 Å². The minimum Gasteiger partial charge on any atom is -0.308 e. The standard InChI is InChI=1S/C11H9F3N4O2S/c12-7-4-9(14)10(5-8(7)13)18-21(19,20)6-1-2-16-11(3-6)17-15/h1-5,18H,15H2,(H,16,17). The molecule has 0 unspecified atom stereocenters. The Morgan fingerprint density at radius 1 is 1.05 bits per heavy atom. The Labute approximate surface area is 117 Å². The molecule has 4 N–H and O–H groups in total. The van der Waals surface area contributed by atoms with Gasteiger partial charge in [-0.1, -0.05) is 0 Å². The van der Waals surface area contributed by atoms with Crippen LogP contribution in [0.4, 0.5) is 24.7 Å². The summed E-state index contributed by atoms with van der Waals surface area (Å²) in [5.41, 5.74) is 1.43. The van der Waals surface area contributed by atoms with Gasteiger partial charge in [0.1, 0.15) is 11.6 Å². The highest BCUT2D eigenvalue weighted by Crippen LogP contribution is 2.22. The molecule has 10 heteroatoms. The van der Waals surface area contributed by atoms with Crippen molar-refractivity contribution in [3.63, 3.8) is 0 Å². The molecule has 0 aliphatic heterocycles. The highest BCUT2D eigenvalue weighted by Gasteiger charge is 2.19. The number of aromatic nitrogens is 1. The zero-order chi connectivity index (χ0) is 15.6. The van der Waals surface area contributed by atoms with Crippen LogP contribution in [0.25, 0.3) is 0 Å². The molecule has 0 radical (unpaired) electrons. The number of nitrogen functional groups attached to an aromatic ring is 1. The molecule has 6 nitrogen and oxygen atoms in total. The molecule has 0 aliphatic carbocycles. The van der Waals surface area contributed by atoms with E-state index in [0.717, 1.165) is 18.3 Å². The Balaban J connectivity index is 2.39. The molecule has 21 heavy (non-hydrogen) atoms. The maximum Gasteiger partial charge on any atom is 0.262 e. The quantitative estimate of drug-likeness (QED) is 0.452. The topological polar surface area (TPSA) is 97.1 Å². The Morgan fingerprint density at radius 3 is 2.38 bits per heavy atom. The second kappa shape index (κ2) is 5.58. The molecule has 0 atom stereocenters. The predicted octanol–water partition coefficient (Wildman–Crippen LogP) is 1.59. The van der Waals surface area contributed by atoms with Gasteiger partial charge in [0.2, 0.25) is 0 Å². The average Bonchev–Trinajstić information content (AvgIpc) is 2.44. The number of sulfonamides is 1. The molecule has 1 aromatic carbocycles. The van der Waals surface area contributed by atoms with Gasteiger partial charge in [0.15, 0.2) is 11.6 Å². The lowest BCUT2D eigenvalue weighted by Gasteiger charge is -2.10. The monoisotopic (exact) mass is 318 g/mol. The van der Waals surface area contributed by atoms with Gasteiger partial charge in [0.25, 0.3) is 10.0 Å². The van der Waals surface area contributed by atoms with E-state index in [0.29, 0.717) is 6.07 Å². The molecule has 0 amide bonds. The molecular weight excluding hydrogens is 309 g/mol. The molecule has 2 rings (SSSR count). The minimum absolute atomic E-state index is 0.0589. The lowest BCUT2D eigenvalue weighted by molar-refractivity contribution is 0.496. The van der Waals surface area contributed by atoms with Crippen LogP contribution in [0.3, 0.4) is 0 Å². The fraction of sp³-hybridized carbons (Fsp3) is 0. The van der Waals surface area contributed by atoms with Gasteiger partial charge in [-0.3, -0.25) is 4.72 Å². The number of hydrazine groups is 1. The van der Waals surface area contributed by atoms with E-state index in [9.17, 15) is 21.6 Å². The molecule has 0 spiro atoms. The molecule has 0 bridgehead atoms. The molecule has 0 fully saturated rings. The van der Waals surface area contributed by atoms with Crippen LogP contribution in [0.2, 0.25) is 0 Å². The Kier molecular flexibility index (Phi) is 4.00. The maximum atomic E-state index is 13.4. The third kappa shape index (κ3) is 3.23. The fourth-order valence-corrected chi connectivity index (χ4v) is 2.53. The van der Waals surface area contributed by atoms with Gasteiger partial charge in [0, 0.05) is 24.4 Å². The van der Waals surface area contributed by atoms with E-state index < -0.39 is 33.2 Å². The number of nitrogens with one attached hydrogen (secondary N) is 2. The second-order valence-corrected chi connectivity index (χ2v) is 5.56. The van der Waals surface area contributed by atoms with Gasteiger partial charge in [0.05, 0.1) is 10.6 Å². The third-order valence-electron chi connectivity index (χ3n) is 2.44.